The Balaban J connectivity index is 2.03. The zero-order chi connectivity index (χ0) is 13.0. The van der Waals surface area contributed by atoms with Crippen LogP contribution in [-0.4, -0.2) is 17.5 Å². The van der Waals surface area contributed by atoms with Crippen LogP contribution in [0.1, 0.15) is 32.3 Å². The molecule has 1 heteroatoms. The summed E-state index contributed by atoms with van der Waals surface area (Å²) in [5, 5.41) is 0. The third-order valence-corrected chi connectivity index (χ3v) is 4.47. The topological polar surface area (TPSA) is 3.24 Å². The third kappa shape index (κ3) is 3.02. The number of nitrogens with zero attached hydrogens (tertiary/aromatic N) is 1. The van der Waals surface area contributed by atoms with E-state index in [9.17, 15) is 0 Å². The normalized spacial score (nSPS) is 29.1. The zero-order valence-electron chi connectivity index (χ0n) is 11.7. The van der Waals surface area contributed by atoms with E-state index in [0.29, 0.717) is 6.04 Å². The van der Waals surface area contributed by atoms with Gasteiger partial charge >= 0.3 is 0 Å². The molecular formula is C17H25N. The Morgan fingerprint density at radius 1 is 1.28 bits per heavy atom. The standard InChI is InChI=1S/C17H25N/c1-4-8-17-14(2)11-12-18(15(17)3)13-16-9-6-5-7-10-16/h4-7,9-10,14-15,17H,1,8,11-13H2,2-3H3/t14-,15-,17+/m0/s1. The van der Waals surface area contributed by atoms with Crippen molar-refractivity contribution in [1.29, 1.82) is 0 Å². The van der Waals surface area contributed by atoms with E-state index in [0.717, 1.165) is 24.8 Å². The van der Waals surface area contributed by atoms with Crippen LogP contribution in [0.4, 0.5) is 0 Å². The molecule has 1 aromatic rings. The van der Waals surface area contributed by atoms with Crippen molar-refractivity contribution in [3.05, 3.63) is 48.6 Å². The lowest BCUT2D eigenvalue weighted by Gasteiger charge is -2.43. The molecular weight excluding hydrogens is 218 g/mol. The lowest BCUT2D eigenvalue weighted by Crippen LogP contribution is -2.46. The van der Waals surface area contributed by atoms with Gasteiger partial charge < -0.3 is 0 Å². The average molecular weight is 243 g/mol. The van der Waals surface area contributed by atoms with Gasteiger partial charge in [-0.1, -0.05) is 43.3 Å². The maximum absolute atomic E-state index is 3.91. The maximum atomic E-state index is 3.91. The summed E-state index contributed by atoms with van der Waals surface area (Å²) in [4.78, 5) is 2.63. The summed E-state index contributed by atoms with van der Waals surface area (Å²) in [6.45, 7) is 11.0. The molecule has 1 nitrogen and oxygen atoms in total. The number of allylic oxidation sites excluding steroid dienone is 1. The van der Waals surface area contributed by atoms with Crippen molar-refractivity contribution in [2.24, 2.45) is 11.8 Å². The molecule has 0 radical (unpaired) electrons. The Bertz CT molecular complexity index is 370. The number of hydrogen-bond acceptors (Lipinski definition) is 1. The molecule has 18 heavy (non-hydrogen) atoms. The lowest BCUT2D eigenvalue weighted by molar-refractivity contribution is 0.0607. The first-order chi connectivity index (χ1) is 8.72. The van der Waals surface area contributed by atoms with Crippen LogP contribution in [-0.2, 0) is 6.54 Å². The van der Waals surface area contributed by atoms with Crippen molar-refractivity contribution in [2.75, 3.05) is 6.54 Å². The maximum Gasteiger partial charge on any atom is 0.0236 e. The summed E-state index contributed by atoms with van der Waals surface area (Å²) >= 11 is 0. The highest BCUT2D eigenvalue weighted by molar-refractivity contribution is 5.14. The number of piperidine rings is 1. The molecule has 0 N–H and O–H groups in total. The molecule has 0 spiro atoms. The zero-order valence-corrected chi connectivity index (χ0v) is 11.7. The highest BCUT2D eigenvalue weighted by Crippen LogP contribution is 2.32. The molecule has 1 saturated heterocycles. The fourth-order valence-electron chi connectivity index (χ4n) is 3.20. The molecule has 0 saturated carbocycles. The first-order valence-electron chi connectivity index (χ1n) is 7.11. The molecule has 3 atom stereocenters. The molecule has 0 amide bonds. The van der Waals surface area contributed by atoms with Crippen LogP contribution in [0.15, 0.2) is 43.0 Å². The largest absolute Gasteiger partial charge is 0.296 e. The Hall–Kier alpha value is -1.08. The van der Waals surface area contributed by atoms with E-state index in [1.54, 1.807) is 0 Å². The van der Waals surface area contributed by atoms with Gasteiger partial charge in [-0.15, -0.1) is 6.58 Å². The van der Waals surface area contributed by atoms with Gasteiger partial charge in [0.05, 0.1) is 0 Å². The Labute approximate surface area is 112 Å². The molecule has 1 fully saturated rings. The molecule has 0 aromatic heterocycles. The van der Waals surface area contributed by atoms with E-state index >= 15 is 0 Å². The highest BCUT2D eigenvalue weighted by Gasteiger charge is 2.31. The number of rotatable bonds is 4. The highest BCUT2D eigenvalue weighted by atomic mass is 15.2. The molecule has 1 heterocycles. The van der Waals surface area contributed by atoms with Crippen molar-refractivity contribution in [3.63, 3.8) is 0 Å². The number of benzene rings is 1. The fourth-order valence-corrected chi connectivity index (χ4v) is 3.20. The molecule has 1 aromatic carbocycles. The van der Waals surface area contributed by atoms with Crippen LogP contribution < -0.4 is 0 Å². The van der Waals surface area contributed by atoms with Crippen molar-refractivity contribution in [2.45, 2.75) is 39.3 Å². The molecule has 1 aliphatic rings. The van der Waals surface area contributed by atoms with Crippen LogP contribution in [0.5, 0.6) is 0 Å². The Morgan fingerprint density at radius 2 is 2.00 bits per heavy atom. The van der Waals surface area contributed by atoms with E-state index in [1.807, 2.05) is 0 Å². The predicted octanol–water partition coefficient (Wildman–Crippen LogP) is 4.11. The predicted molar refractivity (Wildman–Crippen MR) is 78.4 cm³/mol. The van der Waals surface area contributed by atoms with Gasteiger partial charge in [-0.25, -0.2) is 0 Å². The molecule has 98 valence electrons. The molecule has 0 unspecified atom stereocenters. The molecule has 0 bridgehead atoms. The van der Waals surface area contributed by atoms with E-state index in [2.05, 4.69) is 61.7 Å². The van der Waals surface area contributed by atoms with E-state index in [4.69, 9.17) is 0 Å². The molecule has 1 aliphatic heterocycles. The first kappa shape index (κ1) is 13.4. The van der Waals surface area contributed by atoms with Crippen molar-refractivity contribution >= 4 is 0 Å². The minimum absolute atomic E-state index is 0.659. The van der Waals surface area contributed by atoms with E-state index < -0.39 is 0 Å². The second-order valence-electron chi connectivity index (χ2n) is 5.65. The second-order valence-corrected chi connectivity index (χ2v) is 5.65. The van der Waals surface area contributed by atoms with Crippen LogP contribution in [0, 0.1) is 11.8 Å². The SMILES string of the molecule is C=CC[C@@H]1[C@@H](C)CCN(Cc2ccccc2)[C@H]1C. The summed E-state index contributed by atoms with van der Waals surface area (Å²) in [7, 11) is 0. The fraction of sp³-hybridized carbons (Fsp3) is 0.529. The summed E-state index contributed by atoms with van der Waals surface area (Å²) in [5.41, 5.74) is 1.43. The third-order valence-electron chi connectivity index (χ3n) is 4.47. The second kappa shape index (κ2) is 6.19. The smallest absolute Gasteiger partial charge is 0.0236 e. The summed E-state index contributed by atoms with van der Waals surface area (Å²) in [6, 6.07) is 11.5. The van der Waals surface area contributed by atoms with Gasteiger partial charge in [-0.05, 0) is 43.7 Å². The summed E-state index contributed by atoms with van der Waals surface area (Å²) < 4.78 is 0. The van der Waals surface area contributed by atoms with E-state index in [1.165, 1.54) is 18.5 Å². The Kier molecular flexibility index (Phi) is 4.60. The minimum Gasteiger partial charge on any atom is -0.296 e. The van der Waals surface area contributed by atoms with Crippen LogP contribution in [0.25, 0.3) is 0 Å². The first-order valence-corrected chi connectivity index (χ1v) is 7.11. The van der Waals surface area contributed by atoms with E-state index in [-0.39, 0.29) is 0 Å². The quantitative estimate of drug-likeness (QED) is 0.719. The van der Waals surface area contributed by atoms with Crippen molar-refractivity contribution < 1.29 is 0 Å². The summed E-state index contributed by atoms with van der Waals surface area (Å²) in [6.07, 6.45) is 4.55. The van der Waals surface area contributed by atoms with Gasteiger partial charge in [-0.2, -0.15) is 0 Å². The van der Waals surface area contributed by atoms with Crippen LogP contribution in [0.2, 0.25) is 0 Å². The van der Waals surface area contributed by atoms with Crippen LogP contribution >= 0.6 is 0 Å². The lowest BCUT2D eigenvalue weighted by atomic mass is 9.79. The van der Waals surface area contributed by atoms with Crippen molar-refractivity contribution in [3.8, 4) is 0 Å². The molecule has 0 aliphatic carbocycles. The van der Waals surface area contributed by atoms with Gasteiger partial charge in [0.15, 0.2) is 0 Å². The van der Waals surface area contributed by atoms with Crippen molar-refractivity contribution in [1.82, 2.24) is 4.90 Å². The average Bonchev–Trinajstić information content (AvgIpc) is 2.39. The molecule has 2 rings (SSSR count). The van der Waals surface area contributed by atoms with Crippen LogP contribution in [0.3, 0.4) is 0 Å². The van der Waals surface area contributed by atoms with Gasteiger partial charge in [0.1, 0.15) is 0 Å². The van der Waals surface area contributed by atoms with Gasteiger partial charge in [0.25, 0.3) is 0 Å². The van der Waals surface area contributed by atoms with Gasteiger partial charge in [0.2, 0.25) is 0 Å². The minimum atomic E-state index is 0.659. The number of likely N-dealkylation sites (tertiary alicyclic amines) is 1. The Morgan fingerprint density at radius 3 is 2.67 bits per heavy atom. The summed E-state index contributed by atoms with van der Waals surface area (Å²) in [5.74, 6) is 1.59. The number of hydrogen-bond donors (Lipinski definition) is 0. The van der Waals surface area contributed by atoms with Gasteiger partial charge in [-0.3, -0.25) is 4.90 Å². The monoisotopic (exact) mass is 243 g/mol. The van der Waals surface area contributed by atoms with Gasteiger partial charge in [0, 0.05) is 12.6 Å².